The predicted octanol–water partition coefficient (Wildman–Crippen LogP) is 3.39. The summed E-state index contributed by atoms with van der Waals surface area (Å²) in [5.41, 5.74) is -1.94. The summed E-state index contributed by atoms with van der Waals surface area (Å²) in [6.07, 6.45) is 7.75. The smallest absolute Gasteiger partial charge is 0.315 e. The third kappa shape index (κ3) is 8.63. The SMILES string of the molecule is CCCCC(NC(=O)C1C2C(CN1C(=O)C(NC(=O)NC1(CS(=O)(=O)C3(C)CCOCC3)CCCCC1)C(C)(C)C)C2(C)C)C(=O)C(=O)NC1CC1. The van der Waals surface area contributed by atoms with Gasteiger partial charge in [0.2, 0.25) is 17.6 Å². The van der Waals surface area contributed by atoms with Crippen molar-refractivity contribution in [2.45, 2.75) is 160 Å². The van der Waals surface area contributed by atoms with Gasteiger partial charge in [-0.1, -0.05) is 73.6 Å². The van der Waals surface area contributed by atoms with Gasteiger partial charge in [-0.05, 0) is 74.5 Å². The molecule has 5 atom stereocenters. The van der Waals surface area contributed by atoms with Crippen LogP contribution in [0.5, 0.6) is 0 Å². The Morgan fingerprint density at radius 2 is 1.56 bits per heavy atom. The van der Waals surface area contributed by atoms with Crippen LogP contribution in [0.1, 0.15) is 126 Å². The van der Waals surface area contributed by atoms with Gasteiger partial charge in [0, 0.05) is 25.8 Å². The number of Topliss-reactive ketones (excluding diaryl/α,β-unsaturated/α-hetero) is 1. The fraction of sp³-hybridized carbons (Fsp3) is 0.868. The molecule has 0 bridgehead atoms. The Labute approximate surface area is 310 Å². The third-order valence-electron chi connectivity index (χ3n) is 12.7. The van der Waals surface area contributed by atoms with Crippen LogP contribution in [0.15, 0.2) is 0 Å². The largest absolute Gasteiger partial charge is 0.381 e. The maximum atomic E-state index is 14.6. The molecule has 52 heavy (non-hydrogen) atoms. The second-order valence-electron chi connectivity index (χ2n) is 18.3. The van der Waals surface area contributed by atoms with E-state index in [9.17, 15) is 32.4 Å². The summed E-state index contributed by atoms with van der Waals surface area (Å²) in [5.74, 6) is -2.50. The van der Waals surface area contributed by atoms with Gasteiger partial charge in [0.15, 0.2) is 9.84 Å². The number of ether oxygens (including phenoxy) is 1. The number of ketones is 1. The summed E-state index contributed by atoms with van der Waals surface area (Å²) in [7, 11) is -3.62. The first-order valence-electron chi connectivity index (χ1n) is 19.6. The summed E-state index contributed by atoms with van der Waals surface area (Å²) in [6, 6.07) is -3.52. The minimum Gasteiger partial charge on any atom is -0.381 e. The van der Waals surface area contributed by atoms with Gasteiger partial charge in [-0.3, -0.25) is 19.2 Å². The minimum atomic E-state index is -3.62. The second-order valence-corrected chi connectivity index (χ2v) is 20.8. The quantitative estimate of drug-likeness (QED) is 0.195. The highest BCUT2D eigenvalue weighted by molar-refractivity contribution is 7.92. The Kier molecular flexibility index (Phi) is 11.8. The maximum absolute atomic E-state index is 14.6. The first-order valence-corrected chi connectivity index (χ1v) is 21.2. The highest BCUT2D eigenvalue weighted by Crippen LogP contribution is 2.65. The predicted molar refractivity (Wildman–Crippen MR) is 197 cm³/mol. The zero-order chi connectivity index (χ0) is 38.3. The molecule has 4 N–H and O–H groups in total. The molecule has 5 unspecified atom stereocenters. The topological polar surface area (TPSA) is 180 Å². The van der Waals surface area contributed by atoms with Crippen LogP contribution in [0.25, 0.3) is 0 Å². The number of urea groups is 1. The average molecular weight is 750 g/mol. The van der Waals surface area contributed by atoms with E-state index in [0.717, 1.165) is 38.5 Å². The zero-order valence-corrected chi connectivity index (χ0v) is 33.2. The molecule has 14 heteroatoms. The van der Waals surface area contributed by atoms with Crippen molar-refractivity contribution < 1.29 is 37.1 Å². The van der Waals surface area contributed by atoms with E-state index < -0.39 is 73.2 Å². The molecule has 0 aromatic heterocycles. The molecule has 2 saturated heterocycles. The number of nitrogens with zero attached hydrogens (tertiary/aromatic N) is 1. The summed E-state index contributed by atoms with van der Waals surface area (Å²) in [6.45, 7) is 14.5. The lowest BCUT2D eigenvalue weighted by Crippen LogP contribution is -2.64. The Hall–Kier alpha value is -2.74. The van der Waals surface area contributed by atoms with Crippen molar-refractivity contribution in [2.75, 3.05) is 25.5 Å². The molecule has 0 radical (unpaired) electrons. The van der Waals surface area contributed by atoms with E-state index >= 15 is 0 Å². The summed E-state index contributed by atoms with van der Waals surface area (Å²) < 4.78 is 32.3. The van der Waals surface area contributed by atoms with Gasteiger partial charge in [0.05, 0.1) is 22.1 Å². The van der Waals surface area contributed by atoms with Crippen LogP contribution in [0.3, 0.4) is 0 Å². The van der Waals surface area contributed by atoms with Crippen LogP contribution in [0.2, 0.25) is 0 Å². The zero-order valence-electron chi connectivity index (χ0n) is 32.4. The average Bonchev–Trinajstić information content (AvgIpc) is 3.92. The van der Waals surface area contributed by atoms with Gasteiger partial charge < -0.3 is 30.9 Å². The van der Waals surface area contributed by atoms with Gasteiger partial charge in [0.25, 0.3) is 5.91 Å². The van der Waals surface area contributed by atoms with Gasteiger partial charge in [0.1, 0.15) is 12.1 Å². The molecule has 2 aliphatic heterocycles. The molecule has 5 amide bonds. The first kappa shape index (κ1) is 40.4. The highest BCUT2D eigenvalue weighted by Gasteiger charge is 2.70. The van der Waals surface area contributed by atoms with Crippen molar-refractivity contribution in [3.05, 3.63) is 0 Å². The molecule has 2 heterocycles. The van der Waals surface area contributed by atoms with Crippen molar-refractivity contribution in [1.82, 2.24) is 26.2 Å². The molecular weight excluding hydrogens is 687 g/mol. The number of piperidine rings is 1. The Balaban J connectivity index is 1.33. The Morgan fingerprint density at radius 3 is 2.13 bits per heavy atom. The second kappa shape index (κ2) is 15.2. The van der Waals surface area contributed by atoms with E-state index in [0.29, 0.717) is 58.3 Å². The molecular formula is C38H63N5O8S. The molecule has 0 aromatic rings. The van der Waals surface area contributed by atoms with E-state index in [1.807, 2.05) is 27.7 Å². The minimum absolute atomic E-state index is 0.00152. The number of nitrogens with one attached hydrogen (secondary N) is 4. The fourth-order valence-electron chi connectivity index (χ4n) is 8.80. The number of hydrogen-bond acceptors (Lipinski definition) is 8. The number of carbonyl (C=O) groups excluding carboxylic acids is 5. The number of rotatable bonds is 14. The van der Waals surface area contributed by atoms with Crippen LogP contribution >= 0.6 is 0 Å². The molecule has 13 nitrogen and oxygen atoms in total. The summed E-state index contributed by atoms with van der Waals surface area (Å²) in [4.78, 5) is 70.2. The molecule has 5 aliphatic rings. The van der Waals surface area contributed by atoms with Gasteiger partial charge in [-0.15, -0.1) is 0 Å². The van der Waals surface area contributed by atoms with Crippen LogP contribution < -0.4 is 21.3 Å². The fourth-order valence-corrected chi connectivity index (χ4v) is 11.0. The monoisotopic (exact) mass is 749 g/mol. The van der Waals surface area contributed by atoms with E-state index in [1.165, 1.54) is 0 Å². The number of sulfone groups is 1. The molecule has 3 aliphatic carbocycles. The lowest BCUT2D eigenvalue weighted by molar-refractivity contribution is -0.145. The van der Waals surface area contributed by atoms with Crippen molar-refractivity contribution in [2.24, 2.45) is 22.7 Å². The third-order valence-corrected chi connectivity index (χ3v) is 15.6. The number of unbranched alkanes of at least 4 members (excludes halogenated alkanes) is 1. The molecule has 5 fully saturated rings. The van der Waals surface area contributed by atoms with Gasteiger partial charge in [-0.25, -0.2) is 13.2 Å². The first-order chi connectivity index (χ1) is 24.3. The molecule has 5 rings (SSSR count). The van der Waals surface area contributed by atoms with Crippen LogP contribution in [0, 0.1) is 22.7 Å². The Bertz CT molecular complexity index is 1490. The summed E-state index contributed by atoms with van der Waals surface area (Å²) in [5, 5.41) is 11.6. The summed E-state index contributed by atoms with van der Waals surface area (Å²) >= 11 is 0. The van der Waals surface area contributed by atoms with Gasteiger partial charge in [-0.2, -0.15) is 0 Å². The van der Waals surface area contributed by atoms with Crippen LogP contribution in [0.4, 0.5) is 4.79 Å². The molecule has 294 valence electrons. The molecule has 0 spiro atoms. The maximum Gasteiger partial charge on any atom is 0.315 e. The number of likely N-dealkylation sites (tertiary alicyclic amines) is 1. The number of fused-ring (bicyclic) bond motifs is 1. The lowest BCUT2D eigenvalue weighted by Gasteiger charge is -2.42. The molecule has 3 saturated carbocycles. The van der Waals surface area contributed by atoms with Crippen molar-refractivity contribution in [3.63, 3.8) is 0 Å². The Morgan fingerprint density at radius 1 is 0.923 bits per heavy atom. The standard InChI is InChI=1S/C38H63N5O8S/c1-8-9-13-26(29(44)32(46)39-24-14-15-24)40-31(45)28-27-25(36(27,5)6)22-43(28)33(47)30(35(2,3)4)41-34(48)42-38(16-11-10-12-17-38)23-52(49,50)37(7)18-20-51-21-19-37/h24-28,30H,8-23H2,1-7H3,(H,39,46)(H,40,45)(H2,41,42,48). The normalized spacial score (nSPS) is 27.4. The van der Waals surface area contributed by atoms with Crippen LogP contribution in [-0.2, 0) is 33.8 Å². The highest BCUT2D eigenvalue weighted by atomic mass is 32.2. The molecule has 0 aromatic carbocycles. The van der Waals surface area contributed by atoms with E-state index in [-0.39, 0.29) is 29.0 Å². The number of carbonyl (C=O) groups is 5. The van der Waals surface area contributed by atoms with E-state index in [4.69, 9.17) is 4.74 Å². The van der Waals surface area contributed by atoms with E-state index in [1.54, 1.807) is 11.8 Å². The van der Waals surface area contributed by atoms with Crippen molar-refractivity contribution >= 4 is 39.4 Å². The van der Waals surface area contributed by atoms with Crippen LogP contribution in [-0.4, -0.2) is 103 Å². The van der Waals surface area contributed by atoms with Crippen molar-refractivity contribution in [3.8, 4) is 0 Å². The lowest BCUT2D eigenvalue weighted by atomic mass is 9.83. The number of hydrogen-bond donors (Lipinski definition) is 4. The van der Waals surface area contributed by atoms with Crippen molar-refractivity contribution in [1.29, 1.82) is 0 Å². The van der Waals surface area contributed by atoms with Gasteiger partial charge >= 0.3 is 6.03 Å². The number of amides is 5. The van der Waals surface area contributed by atoms with E-state index in [2.05, 4.69) is 35.1 Å².